The van der Waals surface area contributed by atoms with Gasteiger partial charge in [0, 0.05) is 0 Å². The number of hydrogen-bond donors (Lipinski definition) is 0. The molecule has 5 heteroatoms. The molecule has 0 aromatic heterocycles. The van der Waals surface area contributed by atoms with Crippen molar-refractivity contribution in [1.29, 1.82) is 0 Å². The zero-order chi connectivity index (χ0) is 6.08. The van der Waals surface area contributed by atoms with Crippen molar-refractivity contribution in [1.82, 2.24) is 0 Å². The molecule has 0 fully saturated rings. The van der Waals surface area contributed by atoms with Crippen LogP contribution in [0, 0.1) is 0 Å². The minimum atomic E-state index is -3.44. The average molecular weight is 242 g/mol. The van der Waals surface area contributed by atoms with E-state index >= 15 is 0 Å². The maximum atomic E-state index is 11.3. The van der Waals surface area contributed by atoms with E-state index in [4.69, 9.17) is 0 Å². The highest BCUT2D eigenvalue weighted by Gasteiger charge is 2.34. The van der Waals surface area contributed by atoms with E-state index in [1.165, 1.54) is 0 Å². The highest BCUT2D eigenvalue weighted by molar-refractivity contribution is 9.12. The van der Waals surface area contributed by atoms with Gasteiger partial charge in [-0.25, -0.2) is 4.39 Å². The van der Waals surface area contributed by atoms with Gasteiger partial charge in [0.05, 0.1) is 0 Å². The smallest absolute Gasteiger partial charge is 0.227 e. The van der Waals surface area contributed by atoms with Gasteiger partial charge in [0.15, 0.2) is 0 Å². The fourth-order valence-corrected chi connectivity index (χ4v) is 0. The van der Waals surface area contributed by atoms with Crippen LogP contribution < -0.4 is 0 Å². The molecular formula is C2HBr2F3. The number of halogens is 5. The Morgan fingerprint density at radius 1 is 1.43 bits per heavy atom. The summed E-state index contributed by atoms with van der Waals surface area (Å²) in [5, 5.41) is -2.31. The van der Waals surface area contributed by atoms with Gasteiger partial charge in [0.25, 0.3) is 0 Å². The van der Waals surface area contributed by atoms with Gasteiger partial charge < -0.3 is 0 Å². The van der Waals surface area contributed by atoms with Crippen LogP contribution in [0.1, 0.15) is 0 Å². The monoisotopic (exact) mass is 240 g/mol. The molecule has 0 saturated heterocycles. The van der Waals surface area contributed by atoms with E-state index < -0.39 is 9.91 Å². The predicted octanol–water partition coefficient (Wildman–Crippen LogP) is 2.66. The molecule has 0 aliphatic carbocycles. The second kappa shape index (κ2) is 2.35. The molecule has 0 saturated carbocycles. The molecule has 0 amide bonds. The summed E-state index contributed by atoms with van der Waals surface area (Å²) in [6, 6.07) is 0. The van der Waals surface area contributed by atoms with Gasteiger partial charge in [-0.15, -0.1) is 0 Å². The van der Waals surface area contributed by atoms with Crippen LogP contribution >= 0.6 is 31.9 Å². The maximum Gasteiger partial charge on any atom is 0.341 e. The Bertz CT molecular complexity index is 56.4. The molecule has 0 aliphatic rings. The quantitative estimate of drug-likeness (QED) is 0.620. The van der Waals surface area contributed by atoms with E-state index in [0.29, 0.717) is 0 Å². The lowest BCUT2D eigenvalue weighted by atomic mass is 10.8. The van der Waals surface area contributed by atoms with Crippen LogP contribution in [-0.2, 0) is 0 Å². The van der Waals surface area contributed by atoms with Crippen LogP contribution in [0.3, 0.4) is 0 Å². The van der Waals surface area contributed by atoms with Crippen LogP contribution in [0.25, 0.3) is 0 Å². The normalized spacial score (nSPS) is 16.7. The molecule has 0 unspecified atom stereocenters. The Morgan fingerprint density at radius 2 is 1.57 bits per heavy atom. The number of rotatable bonds is 1. The van der Waals surface area contributed by atoms with Crippen molar-refractivity contribution in [2.24, 2.45) is 0 Å². The largest absolute Gasteiger partial charge is 0.341 e. The lowest BCUT2D eigenvalue weighted by Gasteiger charge is -2.04. The molecule has 0 heterocycles. The first-order valence-electron chi connectivity index (χ1n) is 1.29. The zero-order valence-corrected chi connectivity index (χ0v) is 6.14. The summed E-state index contributed by atoms with van der Waals surface area (Å²) in [5.74, 6) is 0. The summed E-state index contributed by atoms with van der Waals surface area (Å²) in [4.78, 5) is -3.44. The van der Waals surface area contributed by atoms with Gasteiger partial charge in [-0.05, 0) is 31.9 Å². The van der Waals surface area contributed by atoms with Gasteiger partial charge in [-0.3, -0.25) is 0 Å². The Hall–Kier alpha value is 0.750. The van der Waals surface area contributed by atoms with Crippen molar-refractivity contribution in [3.8, 4) is 0 Å². The minimum absolute atomic E-state index is 1.79. The third-order valence-electron chi connectivity index (χ3n) is 0.247. The van der Waals surface area contributed by atoms with Gasteiger partial charge >= 0.3 is 4.83 Å². The highest BCUT2D eigenvalue weighted by atomic mass is 79.9. The van der Waals surface area contributed by atoms with E-state index in [9.17, 15) is 13.2 Å². The van der Waals surface area contributed by atoms with Crippen LogP contribution in [-0.4, -0.2) is 9.91 Å². The zero-order valence-electron chi connectivity index (χ0n) is 2.97. The van der Waals surface area contributed by atoms with Crippen molar-refractivity contribution in [3.63, 3.8) is 0 Å². The molecule has 0 bridgehead atoms. The van der Waals surface area contributed by atoms with Crippen LogP contribution in [0.5, 0.6) is 0 Å². The first-order valence-corrected chi connectivity index (χ1v) is 3.00. The van der Waals surface area contributed by atoms with Gasteiger partial charge in [0.1, 0.15) is 0 Å². The van der Waals surface area contributed by atoms with E-state index in [0.717, 1.165) is 0 Å². The SMILES string of the molecule is F[C@H](Br)C(F)(F)Br. The molecule has 0 rings (SSSR count). The molecule has 0 nitrogen and oxygen atoms in total. The van der Waals surface area contributed by atoms with E-state index in [2.05, 4.69) is 0 Å². The van der Waals surface area contributed by atoms with Gasteiger partial charge in [0.2, 0.25) is 5.08 Å². The van der Waals surface area contributed by atoms with Gasteiger partial charge in [-0.1, -0.05) is 0 Å². The van der Waals surface area contributed by atoms with Crippen molar-refractivity contribution in [2.45, 2.75) is 9.91 Å². The maximum absolute atomic E-state index is 11.3. The van der Waals surface area contributed by atoms with Crippen molar-refractivity contribution < 1.29 is 13.2 Å². The molecule has 0 radical (unpaired) electrons. The van der Waals surface area contributed by atoms with E-state index in [-0.39, 0.29) is 0 Å². The Balaban J connectivity index is 3.54. The summed E-state index contributed by atoms with van der Waals surface area (Å²) in [5.41, 5.74) is 0. The van der Waals surface area contributed by atoms with Gasteiger partial charge in [-0.2, -0.15) is 8.78 Å². The van der Waals surface area contributed by atoms with E-state index in [1.807, 2.05) is 15.9 Å². The minimum Gasteiger partial charge on any atom is -0.227 e. The predicted molar refractivity (Wildman–Crippen MR) is 27.7 cm³/mol. The van der Waals surface area contributed by atoms with Crippen molar-refractivity contribution in [3.05, 3.63) is 0 Å². The first kappa shape index (κ1) is 7.75. The molecule has 44 valence electrons. The lowest BCUT2D eigenvalue weighted by molar-refractivity contribution is 0.0683. The molecule has 0 aromatic carbocycles. The molecule has 7 heavy (non-hydrogen) atoms. The molecule has 0 spiro atoms. The molecular weight excluding hydrogens is 241 g/mol. The van der Waals surface area contributed by atoms with Crippen molar-refractivity contribution in [2.75, 3.05) is 0 Å². The summed E-state index contributed by atoms with van der Waals surface area (Å²) < 4.78 is 34.0. The van der Waals surface area contributed by atoms with E-state index in [1.54, 1.807) is 15.9 Å². The number of alkyl halides is 5. The standard InChI is InChI=1S/C2HBr2F3/c3-1(5)2(4,6)7/h1H/t1-/m0/s1. The summed E-state index contributed by atoms with van der Waals surface area (Å²) in [6.07, 6.45) is 0. The lowest BCUT2D eigenvalue weighted by Crippen LogP contribution is -2.14. The third kappa shape index (κ3) is 3.34. The van der Waals surface area contributed by atoms with Crippen LogP contribution in [0.15, 0.2) is 0 Å². The summed E-state index contributed by atoms with van der Waals surface area (Å²) in [7, 11) is 0. The second-order valence-electron chi connectivity index (χ2n) is 0.842. The fraction of sp³-hybridized carbons (Fsp3) is 1.00. The Morgan fingerprint density at radius 3 is 1.57 bits per heavy atom. The average Bonchev–Trinajstić information content (AvgIpc) is 1.31. The topological polar surface area (TPSA) is 0 Å². The van der Waals surface area contributed by atoms with Crippen LogP contribution in [0.2, 0.25) is 0 Å². The molecule has 1 atom stereocenters. The summed E-state index contributed by atoms with van der Waals surface area (Å²) in [6.45, 7) is 0. The molecule has 0 aromatic rings. The van der Waals surface area contributed by atoms with Crippen molar-refractivity contribution >= 4 is 31.9 Å². The van der Waals surface area contributed by atoms with Crippen LogP contribution in [0.4, 0.5) is 13.2 Å². The third-order valence-corrected chi connectivity index (χ3v) is 1.84. The fourth-order valence-electron chi connectivity index (χ4n) is 0. The highest BCUT2D eigenvalue weighted by Crippen LogP contribution is 2.31. The first-order chi connectivity index (χ1) is 2.94. The second-order valence-corrected chi connectivity index (χ2v) is 2.70. The number of hydrogen-bond acceptors (Lipinski definition) is 0. The summed E-state index contributed by atoms with van der Waals surface area (Å²) >= 11 is 3.82. The molecule has 0 aliphatic heterocycles. The molecule has 0 N–H and O–H groups in total. The Labute approximate surface area is 55.3 Å². The Kier molecular flexibility index (Phi) is 2.60.